The van der Waals surface area contributed by atoms with E-state index in [-0.39, 0.29) is 60.5 Å². The summed E-state index contributed by atoms with van der Waals surface area (Å²) in [5, 5.41) is 39.4. The van der Waals surface area contributed by atoms with Gasteiger partial charge in [-0.2, -0.15) is 20.4 Å². The highest BCUT2D eigenvalue weighted by atomic mass is 16.6. The lowest BCUT2D eigenvalue weighted by molar-refractivity contribution is -0.385. The van der Waals surface area contributed by atoms with E-state index in [1.807, 2.05) is 24.3 Å². The highest BCUT2D eigenvalue weighted by Gasteiger charge is 2.27. The smallest absolute Gasteiger partial charge is 0.269 e. The number of benzene rings is 2. The number of non-ortho nitro benzene ring substituents is 2. The first kappa shape index (κ1) is 30.2. The maximum Gasteiger partial charge on any atom is 0.269 e. The van der Waals surface area contributed by atoms with Crippen molar-refractivity contribution in [1.82, 2.24) is 20.4 Å². The summed E-state index contributed by atoms with van der Waals surface area (Å²) >= 11 is 0. The van der Waals surface area contributed by atoms with Crippen molar-refractivity contribution in [3.63, 3.8) is 0 Å². The zero-order chi connectivity index (χ0) is 31.1. The van der Waals surface area contributed by atoms with Crippen molar-refractivity contribution in [1.29, 1.82) is 0 Å². The van der Waals surface area contributed by atoms with E-state index >= 15 is 0 Å². The molecule has 2 aromatic carbocycles. The molecule has 0 unspecified atom stereocenters. The van der Waals surface area contributed by atoms with Gasteiger partial charge in [0, 0.05) is 48.9 Å². The molecule has 12 nitrogen and oxygen atoms in total. The Labute approximate surface area is 252 Å². The standard InChI is InChI=1S/C32H30N6O6/c39-29(16-21-4-1-8-27(14-21)37(41)42)19-25-10-12-31(35-33-25)23-6-3-7-24(18-23)32-13-11-26(34-36-32)20-30(40)17-22-5-2-9-28(15-22)38(43)44/h1-2,4-5,8-15,23-24H,3,6-7,16-20H2/t23-,24-/m0/s1. The average molecular weight is 595 g/mol. The van der Waals surface area contributed by atoms with Crippen molar-refractivity contribution in [2.24, 2.45) is 0 Å². The van der Waals surface area contributed by atoms with Crippen molar-refractivity contribution in [2.45, 2.75) is 63.2 Å². The summed E-state index contributed by atoms with van der Waals surface area (Å²) in [6.07, 6.45) is 4.12. The van der Waals surface area contributed by atoms with E-state index in [4.69, 9.17) is 0 Å². The number of hydrogen-bond acceptors (Lipinski definition) is 10. The Bertz CT molecular complexity index is 1550. The van der Waals surface area contributed by atoms with Crippen LogP contribution in [-0.2, 0) is 35.3 Å². The number of hydrogen-bond donors (Lipinski definition) is 0. The van der Waals surface area contributed by atoms with Crippen LogP contribution in [0.4, 0.5) is 11.4 Å². The van der Waals surface area contributed by atoms with E-state index in [1.165, 1.54) is 24.3 Å². The Morgan fingerprint density at radius 2 is 1.09 bits per heavy atom. The maximum absolute atomic E-state index is 12.6. The van der Waals surface area contributed by atoms with Crippen molar-refractivity contribution in [2.75, 3.05) is 0 Å². The second kappa shape index (κ2) is 13.8. The van der Waals surface area contributed by atoms with Crippen LogP contribution in [0.3, 0.4) is 0 Å². The molecule has 1 aliphatic rings. The summed E-state index contributed by atoms with van der Waals surface area (Å²) in [6, 6.07) is 19.6. The second-order valence-corrected chi connectivity index (χ2v) is 11.1. The minimum atomic E-state index is -0.480. The topological polar surface area (TPSA) is 172 Å². The van der Waals surface area contributed by atoms with Gasteiger partial charge in [0.25, 0.3) is 11.4 Å². The van der Waals surface area contributed by atoms with Gasteiger partial charge >= 0.3 is 0 Å². The third kappa shape index (κ3) is 7.97. The number of nitrogens with zero attached hydrogens (tertiary/aromatic N) is 6. The van der Waals surface area contributed by atoms with Crippen molar-refractivity contribution >= 4 is 22.9 Å². The van der Waals surface area contributed by atoms with Gasteiger partial charge in [-0.05, 0) is 54.7 Å². The van der Waals surface area contributed by atoms with E-state index in [2.05, 4.69) is 20.4 Å². The van der Waals surface area contributed by atoms with Gasteiger partial charge in [-0.25, -0.2) is 0 Å². The summed E-state index contributed by atoms with van der Waals surface area (Å²) in [6.45, 7) is 0. The SMILES string of the molecule is O=C(Cc1cccc([N+](=O)[O-])c1)Cc1ccc([C@H]2CCC[C@H](c3ccc(CC(=O)Cc4cccc([N+](=O)[O-])c4)nn3)C2)nn1. The molecular formula is C32H30N6O6. The van der Waals surface area contributed by atoms with E-state index < -0.39 is 9.85 Å². The molecule has 5 rings (SSSR count). The number of nitro groups is 2. The molecule has 0 amide bonds. The van der Waals surface area contributed by atoms with Gasteiger partial charge in [-0.1, -0.05) is 30.7 Å². The monoisotopic (exact) mass is 594 g/mol. The predicted octanol–water partition coefficient (Wildman–Crippen LogP) is 5.23. The molecular weight excluding hydrogens is 564 g/mol. The molecule has 0 spiro atoms. The number of ketones is 2. The Hall–Kier alpha value is -5.26. The van der Waals surface area contributed by atoms with Crippen molar-refractivity contribution in [3.05, 3.63) is 127 Å². The lowest BCUT2D eigenvalue weighted by atomic mass is 9.78. The molecule has 2 heterocycles. The van der Waals surface area contributed by atoms with Crippen molar-refractivity contribution in [3.8, 4) is 0 Å². The van der Waals surface area contributed by atoms with E-state index in [0.29, 0.717) is 22.5 Å². The molecule has 1 fully saturated rings. The molecule has 0 bridgehead atoms. The minimum absolute atomic E-state index is 0.0438. The molecule has 0 radical (unpaired) electrons. The molecule has 2 atom stereocenters. The van der Waals surface area contributed by atoms with Crippen LogP contribution in [0.25, 0.3) is 0 Å². The van der Waals surface area contributed by atoms with Gasteiger partial charge in [-0.15, -0.1) is 0 Å². The van der Waals surface area contributed by atoms with Crippen LogP contribution in [0.15, 0.2) is 72.8 Å². The minimum Gasteiger partial charge on any atom is -0.299 e. The third-order valence-corrected chi connectivity index (χ3v) is 7.79. The fourth-order valence-electron chi connectivity index (χ4n) is 5.64. The Balaban J connectivity index is 1.13. The zero-order valence-electron chi connectivity index (χ0n) is 23.9. The van der Waals surface area contributed by atoms with Crippen molar-refractivity contribution < 1.29 is 19.4 Å². The van der Waals surface area contributed by atoms with Crippen LogP contribution in [-0.4, -0.2) is 41.8 Å². The summed E-state index contributed by atoms with van der Waals surface area (Å²) in [5.41, 5.74) is 3.92. The quantitative estimate of drug-likeness (QED) is 0.156. The van der Waals surface area contributed by atoms with Gasteiger partial charge in [0.15, 0.2) is 0 Å². The molecule has 0 saturated heterocycles. The maximum atomic E-state index is 12.6. The third-order valence-electron chi connectivity index (χ3n) is 7.79. The fourth-order valence-corrected chi connectivity index (χ4v) is 5.64. The normalized spacial score (nSPS) is 16.3. The molecule has 1 saturated carbocycles. The Kier molecular flexibility index (Phi) is 9.48. The summed E-state index contributed by atoms with van der Waals surface area (Å²) in [7, 11) is 0. The number of aromatic nitrogens is 4. The molecule has 224 valence electrons. The van der Waals surface area contributed by atoms with E-state index in [9.17, 15) is 29.8 Å². The number of Topliss-reactive ketones (excluding diaryl/α,β-unsaturated/α-hetero) is 2. The van der Waals surface area contributed by atoms with Gasteiger partial charge < -0.3 is 0 Å². The number of nitro benzene ring substituents is 2. The van der Waals surface area contributed by atoms with Crippen LogP contribution in [0.5, 0.6) is 0 Å². The largest absolute Gasteiger partial charge is 0.299 e. The van der Waals surface area contributed by atoms with E-state index in [0.717, 1.165) is 37.1 Å². The van der Waals surface area contributed by atoms with Crippen LogP contribution < -0.4 is 0 Å². The number of rotatable bonds is 12. The summed E-state index contributed by atoms with van der Waals surface area (Å²) in [5.74, 6) is 0.179. The Morgan fingerprint density at radius 1 is 0.636 bits per heavy atom. The molecule has 4 aromatic rings. The van der Waals surface area contributed by atoms with Crippen LogP contribution in [0, 0.1) is 20.2 Å². The first-order valence-electron chi connectivity index (χ1n) is 14.4. The van der Waals surface area contributed by atoms with Gasteiger partial charge in [0.05, 0.1) is 45.5 Å². The number of carbonyl (C=O) groups excluding carboxylic acids is 2. The molecule has 1 aliphatic carbocycles. The first-order valence-corrected chi connectivity index (χ1v) is 14.4. The average Bonchev–Trinajstić information content (AvgIpc) is 3.02. The zero-order valence-corrected chi connectivity index (χ0v) is 23.9. The molecule has 12 heteroatoms. The summed E-state index contributed by atoms with van der Waals surface area (Å²) in [4.78, 5) is 46.1. The fraction of sp³-hybridized carbons (Fsp3) is 0.312. The number of carbonyl (C=O) groups is 2. The van der Waals surface area contributed by atoms with Gasteiger partial charge in [0.1, 0.15) is 11.6 Å². The molecule has 44 heavy (non-hydrogen) atoms. The van der Waals surface area contributed by atoms with Crippen LogP contribution in [0.2, 0.25) is 0 Å². The second-order valence-electron chi connectivity index (χ2n) is 11.1. The van der Waals surface area contributed by atoms with Gasteiger partial charge in [-0.3, -0.25) is 29.8 Å². The van der Waals surface area contributed by atoms with Crippen LogP contribution >= 0.6 is 0 Å². The van der Waals surface area contributed by atoms with Crippen LogP contribution in [0.1, 0.15) is 71.4 Å². The summed E-state index contributed by atoms with van der Waals surface area (Å²) < 4.78 is 0. The highest BCUT2D eigenvalue weighted by molar-refractivity contribution is 5.83. The lowest BCUT2D eigenvalue weighted by Gasteiger charge is -2.28. The molecule has 2 aromatic heterocycles. The molecule has 0 N–H and O–H groups in total. The van der Waals surface area contributed by atoms with E-state index in [1.54, 1.807) is 24.3 Å². The first-order chi connectivity index (χ1) is 21.2. The highest BCUT2D eigenvalue weighted by Crippen LogP contribution is 2.39. The predicted molar refractivity (Wildman–Crippen MR) is 159 cm³/mol. The Morgan fingerprint density at radius 3 is 1.48 bits per heavy atom. The lowest BCUT2D eigenvalue weighted by Crippen LogP contribution is -2.17. The van der Waals surface area contributed by atoms with Gasteiger partial charge in [0.2, 0.25) is 0 Å². The molecule has 0 aliphatic heterocycles.